The lowest BCUT2D eigenvalue weighted by Crippen LogP contribution is -2.12. The minimum atomic E-state index is 0.310. The van der Waals surface area contributed by atoms with Gasteiger partial charge in [-0.15, -0.1) is 11.3 Å². The molecule has 0 saturated heterocycles. The van der Waals surface area contributed by atoms with Crippen LogP contribution < -0.4 is 5.32 Å². The van der Waals surface area contributed by atoms with E-state index in [4.69, 9.17) is 0 Å². The summed E-state index contributed by atoms with van der Waals surface area (Å²) in [4.78, 5) is 4.68. The van der Waals surface area contributed by atoms with Gasteiger partial charge in [0, 0.05) is 17.0 Å². The third-order valence-corrected chi connectivity index (χ3v) is 4.13. The molecule has 0 saturated carbocycles. The second-order valence-electron chi connectivity index (χ2n) is 4.86. The minimum absolute atomic E-state index is 0.310. The number of hydrogen-bond acceptors (Lipinski definition) is 3. The number of aromatic nitrogens is 1. The molecule has 0 fully saturated rings. The molecule has 2 nitrogen and oxygen atoms in total. The Labute approximate surface area is 113 Å². The van der Waals surface area contributed by atoms with E-state index in [0.717, 1.165) is 10.7 Å². The van der Waals surface area contributed by atoms with Crippen LogP contribution in [0.2, 0.25) is 0 Å². The fourth-order valence-corrected chi connectivity index (χ4v) is 2.70. The summed E-state index contributed by atoms with van der Waals surface area (Å²) in [5.41, 5.74) is 3.70. The van der Waals surface area contributed by atoms with Crippen LogP contribution in [0.3, 0.4) is 0 Å². The Morgan fingerprint density at radius 1 is 1.11 bits per heavy atom. The van der Waals surface area contributed by atoms with Gasteiger partial charge in [-0.05, 0) is 25.5 Å². The monoisotopic (exact) mass is 260 g/mol. The largest absolute Gasteiger partial charge is 0.312 e. The molecule has 2 rings (SSSR count). The highest BCUT2D eigenvalue weighted by Gasteiger charge is 2.09. The molecule has 0 aliphatic heterocycles. The maximum Gasteiger partial charge on any atom is 0.123 e. The van der Waals surface area contributed by atoms with Crippen molar-refractivity contribution < 1.29 is 0 Å². The van der Waals surface area contributed by atoms with Gasteiger partial charge < -0.3 is 5.32 Å². The van der Waals surface area contributed by atoms with E-state index < -0.39 is 0 Å². The molecular formula is C15H20N2S. The van der Waals surface area contributed by atoms with E-state index in [-0.39, 0.29) is 0 Å². The lowest BCUT2D eigenvalue weighted by atomic mass is 10.0. The summed E-state index contributed by atoms with van der Waals surface area (Å²) in [7, 11) is 1.96. The zero-order valence-electron chi connectivity index (χ0n) is 11.4. The van der Waals surface area contributed by atoms with Crippen molar-refractivity contribution in [3.8, 4) is 10.6 Å². The van der Waals surface area contributed by atoms with Gasteiger partial charge in [-0.25, -0.2) is 4.98 Å². The van der Waals surface area contributed by atoms with Crippen LogP contribution in [0.4, 0.5) is 0 Å². The minimum Gasteiger partial charge on any atom is -0.312 e. The fraction of sp³-hybridized carbons (Fsp3) is 0.400. The predicted octanol–water partition coefficient (Wildman–Crippen LogP) is 4.21. The summed E-state index contributed by atoms with van der Waals surface area (Å²) >= 11 is 1.71. The number of benzene rings is 1. The standard InChI is InChI=1S/C15H20N2S/c1-10(2)12-5-7-13(8-6-12)15-17-14(9-18-15)11(3)16-4/h5-11,16H,1-4H3. The molecular weight excluding hydrogens is 240 g/mol. The molecule has 18 heavy (non-hydrogen) atoms. The van der Waals surface area contributed by atoms with Gasteiger partial charge in [0.1, 0.15) is 5.01 Å². The van der Waals surface area contributed by atoms with Crippen molar-refractivity contribution in [2.24, 2.45) is 0 Å². The van der Waals surface area contributed by atoms with E-state index in [1.54, 1.807) is 11.3 Å². The second kappa shape index (κ2) is 5.63. The van der Waals surface area contributed by atoms with Gasteiger partial charge in [-0.3, -0.25) is 0 Å². The van der Waals surface area contributed by atoms with Crippen molar-refractivity contribution >= 4 is 11.3 Å². The highest BCUT2D eigenvalue weighted by molar-refractivity contribution is 7.13. The average Bonchev–Trinajstić information content (AvgIpc) is 2.87. The second-order valence-corrected chi connectivity index (χ2v) is 5.72. The predicted molar refractivity (Wildman–Crippen MR) is 79.1 cm³/mol. The maximum atomic E-state index is 4.68. The first kappa shape index (κ1) is 13.2. The Balaban J connectivity index is 2.23. The van der Waals surface area contributed by atoms with Crippen LogP contribution in [0.5, 0.6) is 0 Å². The molecule has 0 aliphatic rings. The van der Waals surface area contributed by atoms with E-state index >= 15 is 0 Å². The third kappa shape index (κ3) is 2.79. The SMILES string of the molecule is CNC(C)c1csc(-c2ccc(C(C)C)cc2)n1. The highest BCUT2D eigenvalue weighted by atomic mass is 32.1. The third-order valence-electron chi connectivity index (χ3n) is 3.22. The van der Waals surface area contributed by atoms with Gasteiger partial charge in [-0.1, -0.05) is 38.1 Å². The van der Waals surface area contributed by atoms with Crippen LogP contribution in [0.15, 0.2) is 29.6 Å². The number of rotatable bonds is 4. The van der Waals surface area contributed by atoms with Crippen molar-refractivity contribution in [1.29, 1.82) is 0 Å². The summed E-state index contributed by atoms with van der Waals surface area (Å²) in [6, 6.07) is 9.04. The molecule has 3 heteroatoms. The molecule has 0 radical (unpaired) electrons. The molecule has 2 aromatic rings. The van der Waals surface area contributed by atoms with Gasteiger partial charge >= 0.3 is 0 Å². The molecule has 0 aliphatic carbocycles. The molecule has 1 heterocycles. The summed E-state index contributed by atoms with van der Waals surface area (Å²) in [6.45, 7) is 6.55. The summed E-state index contributed by atoms with van der Waals surface area (Å²) in [5.74, 6) is 0.579. The first-order valence-corrected chi connectivity index (χ1v) is 7.22. The number of thiazole rings is 1. The van der Waals surface area contributed by atoms with Crippen LogP contribution in [0.1, 0.15) is 44.0 Å². The molecule has 1 N–H and O–H groups in total. The van der Waals surface area contributed by atoms with Crippen molar-refractivity contribution in [3.05, 3.63) is 40.9 Å². The van der Waals surface area contributed by atoms with Crippen molar-refractivity contribution in [1.82, 2.24) is 10.3 Å². The van der Waals surface area contributed by atoms with E-state index in [0.29, 0.717) is 12.0 Å². The number of nitrogens with one attached hydrogen (secondary N) is 1. The molecule has 1 atom stereocenters. The smallest absolute Gasteiger partial charge is 0.123 e. The van der Waals surface area contributed by atoms with Crippen LogP contribution >= 0.6 is 11.3 Å². The highest BCUT2D eigenvalue weighted by Crippen LogP contribution is 2.27. The van der Waals surface area contributed by atoms with Gasteiger partial charge in [0.15, 0.2) is 0 Å². The molecule has 1 unspecified atom stereocenters. The van der Waals surface area contributed by atoms with E-state index in [1.165, 1.54) is 11.1 Å². The molecule has 0 bridgehead atoms. The number of hydrogen-bond donors (Lipinski definition) is 1. The van der Waals surface area contributed by atoms with Gasteiger partial charge in [-0.2, -0.15) is 0 Å². The normalized spacial score (nSPS) is 12.9. The Morgan fingerprint density at radius 2 is 1.78 bits per heavy atom. The Hall–Kier alpha value is -1.19. The Bertz CT molecular complexity index is 499. The molecule has 0 spiro atoms. The van der Waals surface area contributed by atoms with Crippen molar-refractivity contribution in [2.45, 2.75) is 32.7 Å². The zero-order chi connectivity index (χ0) is 13.1. The lowest BCUT2D eigenvalue weighted by molar-refractivity contribution is 0.637. The summed E-state index contributed by atoms with van der Waals surface area (Å²) in [5, 5.41) is 6.45. The fourth-order valence-electron chi connectivity index (χ4n) is 1.78. The molecule has 96 valence electrons. The molecule has 1 aromatic carbocycles. The average molecular weight is 260 g/mol. The molecule has 0 amide bonds. The van der Waals surface area contributed by atoms with Gasteiger partial charge in [0.2, 0.25) is 0 Å². The van der Waals surface area contributed by atoms with Crippen molar-refractivity contribution in [2.75, 3.05) is 7.05 Å². The summed E-state index contributed by atoms with van der Waals surface area (Å²) < 4.78 is 0. The van der Waals surface area contributed by atoms with Gasteiger partial charge in [0.05, 0.1) is 5.69 Å². The van der Waals surface area contributed by atoms with E-state index in [9.17, 15) is 0 Å². The van der Waals surface area contributed by atoms with Gasteiger partial charge in [0.25, 0.3) is 0 Å². The lowest BCUT2D eigenvalue weighted by Gasteiger charge is -2.06. The van der Waals surface area contributed by atoms with Crippen LogP contribution in [-0.2, 0) is 0 Å². The Kier molecular flexibility index (Phi) is 4.15. The maximum absolute atomic E-state index is 4.68. The van der Waals surface area contributed by atoms with Crippen molar-refractivity contribution in [3.63, 3.8) is 0 Å². The Morgan fingerprint density at radius 3 is 2.33 bits per heavy atom. The quantitative estimate of drug-likeness (QED) is 0.890. The number of nitrogens with zero attached hydrogens (tertiary/aromatic N) is 1. The van der Waals surface area contributed by atoms with E-state index in [1.807, 2.05) is 7.05 Å². The summed E-state index contributed by atoms with van der Waals surface area (Å²) in [6.07, 6.45) is 0. The van der Waals surface area contributed by atoms with Crippen LogP contribution in [0.25, 0.3) is 10.6 Å². The zero-order valence-corrected chi connectivity index (χ0v) is 12.2. The first-order chi connectivity index (χ1) is 8.61. The first-order valence-electron chi connectivity index (χ1n) is 6.35. The van der Waals surface area contributed by atoms with E-state index in [2.05, 4.69) is 60.7 Å². The molecule has 1 aromatic heterocycles. The van der Waals surface area contributed by atoms with Crippen LogP contribution in [-0.4, -0.2) is 12.0 Å². The topological polar surface area (TPSA) is 24.9 Å². The van der Waals surface area contributed by atoms with Crippen LogP contribution in [0, 0.1) is 0 Å².